The highest BCUT2D eigenvalue weighted by molar-refractivity contribution is 5.88. The number of hydrogen-bond acceptors (Lipinski definition) is 2. The number of hydrogen-bond donors (Lipinski definition) is 0. The molecular weight excluding hydrogens is 224 g/mol. The first-order chi connectivity index (χ1) is 8.58. The van der Waals surface area contributed by atoms with Gasteiger partial charge in [-0.3, -0.25) is 4.79 Å². The minimum absolute atomic E-state index is 0.103. The zero-order valence-corrected chi connectivity index (χ0v) is 11.4. The molecule has 18 heavy (non-hydrogen) atoms. The predicted octanol–water partition coefficient (Wildman–Crippen LogP) is 3.40. The number of ether oxygens (including phenoxy) is 1. The molecule has 0 spiro atoms. The second-order valence-corrected chi connectivity index (χ2v) is 5.89. The molecule has 3 rings (SSSR count). The summed E-state index contributed by atoms with van der Waals surface area (Å²) in [7, 11) is 1.72. The summed E-state index contributed by atoms with van der Waals surface area (Å²) in [4.78, 5) is 12.1. The van der Waals surface area contributed by atoms with Gasteiger partial charge in [0.25, 0.3) is 0 Å². The van der Waals surface area contributed by atoms with Crippen molar-refractivity contribution in [3.63, 3.8) is 0 Å². The lowest BCUT2D eigenvalue weighted by molar-refractivity contribution is -0.126. The van der Waals surface area contributed by atoms with E-state index in [0.717, 1.165) is 31.4 Å². The maximum Gasteiger partial charge on any atom is 0.139 e. The van der Waals surface area contributed by atoms with Crippen LogP contribution in [-0.2, 0) is 11.2 Å². The Morgan fingerprint density at radius 2 is 2.11 bits per heavy atom. The van der Waals surface area contributed by atoms with Crippen molar-refractivity contribution in [2.45, 2.75) is 45.4 Å². The molecule has 2 aliphatic carbocycles. The van der Waals surface area contributed by atoms with Crippen molar-refractivity contribution in [2.24, 2.45) is 5.41 Å². The maximum absolute atomic E-state index is 12.1. The SMILES string of the molecule is COc1ccc2c(c1C)CCC1(C)C(=O)CCC21. The smallest absolute Gasteiger partial charge is 0.139 e. The molecule has 96 valence electrons. The topological polar surface area (TPSA) is 26.3 Å². The molecule has 2 atom stereocenters. The van der Waals surface area contributed by atoms with Crippen LogP contribution in [-0.4, -0.2) is 12.9 Å². The van der Waals surface area contributed by atoms with Gasteiger partial charge in [-0.1, -0.05) is 13.0 Å². The van der Waals surface area contributed by atoms with Crippen LogP contribution in [0.3, 0.4) is 0 Å². The van der Waals surface area contributed by atoms with Crippen LogP contribution >= 0.6 is 0 Å². The Balaban J connectivity index is 2.13. The van der Waals surface area contributed by atoms with Crippen LogP contribution < -0.4 is 4.74 Å². The molecule has 1 aromatic carbocycles. The summed E-state index contributed by atoms with van der Waals surface area (Å²) in [6.07, 6.45) is 3.79. The van der Waals surface area contributed by atoms with E-state index in [1.807, 2.05) is 0 Å². The third-order valence-corrected chi connectivity index (χ3v) is 5.14. The average Bonchev–Trinajstić information content (AvgIpc) is 2.67. The van der Waals surface area contributed by atoms with Crippen molar-refractivity contribution < 1.29 is 9.53 Å². The second-order valence-electron chi connectivity index (χ2n) is 5.89. The summed E-state index contributed by atoms with van der Waals surface area (Å²) >= 11 is 0. The van der Waals surface area contributed by atoms with Gasteiger partial charge in [0.05, 0.1) is 7.11 Å². The Bertz CT molecular complexity index is 518. The lowest BCUT2D eigenvalue weighted by atomic mass is 9.66. The lowest BCUT2D eigenvalue weighted by Gasteiger charge is -2.37. The van der Waals surface area contributed by atoms with E-state index in [9.17, 15) is 4.79 Å². The molecule has 2 aliphatic rings. The van der Waals surface area contributed by atoms with Crippen LogP contribution in [0.25, 0.3) is 0 Å². The van der Waals surface area contributed by atoms with Crippen molar-refractivity contribution in [3.05, 3.63) is 28.8 Å². The molecule has 0 aromatic heterocycles. The Labute approximate surface area is 108 Å². The van der Waals surface area contributed by atoms with Crippen LogP contribution in [0.1, 0.15) is 48.8 Å². The monoisotopic (exact) mass is 244 g/mol. The highest BCUT2D eigenvalue weighted by atomic mass is 16.5. The summed E-state index contributed by atoms with van der Waals surface area (Å²) in [5.74, 6) is 1.87. The summed E-state index contributed by atoms with van der Waals surface area (Å²) in [5, 5.41) is 0. The van der Waals surface area contributed by atoms with Crippen LogP contribution in [0.15, 0.2) is 12.1 Å². The number of fused-ring (bicyclic) bond motifs is 3. The molecule has 2 heteroatoms. The number of ketones is 1. The molecule has 0 N–H and O–H groups in total. The molecule has 0 amide bonds. The van der Waals surface area contributed by atoms with Gasteiger partial charge < -0.3 is 4.74 Å². The van der Waals surface area contributed by atoms with Crippen molar-refractivity contribution in [1.29, 1.82) is 0 Å². The fraction of sp³-hybridized carbons (Fsp3) is 0.562. The summed E-state index contributed by atoms with van der Waals surface area (Å²) in [5.41, 5.74) is 3.98. The largest absolute Gasteiger partial charge is 0.496 e. The first-order valence-corrected chi connectivity index (χ1v) is 6.77. The van der Waals surface area contributed by atoms with E-state index in [-0.39, 0.29) is 5.41 Å². The minimum atomic E-state index is -0.103. The molecule has 0 radical (unpaired) electrons. The van der Waals surface area contributed by atoms with Crippen LogP contribution in [0.4, 0.5) is 0 Å². The number of Topliss-reactive ketones (excluding diaryl/α,β-unsaturated/α-hetero) is 1. The van der Waals surface area contributed by atoms with Gasteiger partial charge in [-0.05, 0) is 54.9 Å². The fourth-order valence-corrected chi connectivity index (χ4v) is 3.91. The number of rotatable bonds is 1. The van der Waals surface area contributed by atoms with Crippen molar-refractivity contribution >= 4 is 5.78 Å². The molecule has 0 heterocycles. The Kier molecular flexibility index (Phi) is 2.51. The Hall–Kier alpha value is -1.31. The van der Waals surface area contributed by atoms with E-state index in [1.54, 1.807) is 7.11 Å². The van der Waals surface area contributed by atoms with Crippen LogP contribution in [0.2, 0.25) is 0 Å². The van der Waals surface area contributed by atoms with E-state index in [0.29, 0.717) is 11.7 Å². The number of carbonyl (C=O) groups excluding carboxylic acids is 1. The number of carbonyl (C=O) groups is 1. The van der Waals surface area contributed by atoms with E-state index in [1.165, 1.54) is 16.7 Å². The standard InChI is InChI=1S/C16H20O2/c1-10-11-8-9-16(2)13(5-7-15(16)17)12(11)4-6-14(10)18-3/h4,6,13H,5,7-9H2,1-3H3. The first-order valence-electron chi connectivity index (χ1n) is 6.77. The Morgan fingerprint density at radius 3 is 2.83 bits per heavy atom. The zero-order valence-electron chi connectivity index (χ0n) is 11.4. The Morgan fingerprint density at radius 1 is 1.33 bits per heavy atom. The minimum Gasteiger partial charge on any atom is -0.496 e. The average molecular weight is 244 g/mol. The van der Waals surface area contributed by atoms with E-state index in [2.05, 4.69) is 26.0 Å². The van der Waals surface area contributed by atoms with Gasteiger partial charge >= 0.3 is 0 Å². The number of benzene rings is 1. The lowest BCUT2D eigenvalue weighted by Crippen LogP contribution is -2.32. The summed E-state index contributed by atoms with van der Waals surface area (Å²) in [6.45, 7) is 4.30. The third-order valence-electron chi connectivity index (χ3n) is 5.14. The van der Waals surface area contributed by atoms with E-state index >= 15 is 0 Å². The highest BCUT2D eigenvalue weighted by Crippen LogP contribution is 2.54. The second kappa shape index (κ2) is 3.84. The molecular formula is C16H20O2. The first kappa shape index (κ1) is 11.8. The van der Waals surface area contributed by atoms with Gasteiger partial charge in [0.1, 0.15) is 11.5 Å². The highest BCUT2D eigenvalue weighted by Gasteiger charge is 2.49. The van der Waals surface area contributed by atoms with Crippen molar-refractivity contribution in [2.75, 3.05) is 7.11 Å². The van der Waals surface area contributed by atoms with Gasteiger partial charge in [0.15, 0.2) is 0 Å². The molecule has 0 aliphatic heterocycles. The zero-order chi connectivity index (χ0) is 12.9. The molecule has 0 saturated heterocycles. The van der Waals surface area contributed by atoms with Gasteiger partial charge in [0, 0.05) is 11.8 Å². The third kappa shape index (κ3) is 1.38. The van der Waals surface area contributed by atoms with Crippen LogP contribution in [0, 0.1) is 12.3 Å². The molecule has 1 aromatic rings. The number of methoxy groups -OCH3 is 1. The molecule has 1 fully saturated rings. The molecule has 0 bridgehead atoms. The van der Waals surface area contributed by atoms with Gasteiger partial charge in [-0.25, -0.2) is 0 Å². The fourth-order valence-electron chi connectivity index (χ4n) is 3.91. The van der Waals surface area contributed by atoms with E-state index in [4.69, 9.17) is 4.74 Å². The molecule has 1 saturated carbocycles. The normalized spacial score (nSPS) is 29.9. The van der Waals surface area contributed by atoms with Gasteiger partial charge in [-0.2, -0.15) is 0 Å². The van der Waals surface area contributed by atoms with Crippen molar-refractivity contribution in [1.82, 2.24) is 0 Å². The maximum atomic E-state index is 12.1. The molecule has 2 nitrogen and oxygen atoms in total. The van der Waals surface area contributed by atoms with Crippen LogP contribution in [0.5, 0.6) is 5.75 Å². The van der Waals surface area contributed by atoms with Gasteiger partial charge in [-0.15, -0.1) is 0 Å². The van der Waals surface area contributed by atoms with Gasteiger partial charge in [0.2, 0.25) is 0 Å². The van der Waals surface area contributed by atoms with E-state index < -0.39 is 0 Å². The van der Waals surface area contributed by atoms with Crippen molar-refractivity contribution in [3.8, 4) is 5.75 Å². The predicted molar refractivity (Wildman–Crippen MR) is 71.1 cm³/mol. The molecule has 2 unspecified atom stereocenters. The summed E-state index contributed by atoms with van der Waals surface area (Å²) in [6, 6.07) is 4.24. The summed E-state index contributed by atoms with van der Waals surface area (Å²) < 4.78 is 5.40. The quantitative estimate of drug-likeness (QED) is 0.756.